The Morgan fingerprint density at radius 3 is 1.06 bits per heavy atom. The normalized spacial score (nSPS) is 13.1. The summed E-state index contributed by atoms with van der Waals surface area (Å²) >= 11 is 0. The number of hydrogen-bond donors (Lipinski definition) is 0. The van der Waals surface area contributed by atoms with Crippen molar-refractivity contribution in [2.24, 2.45) is 0 Å². The molecule has 3 unspecified atom stereocenters. The number of rotatable bonds is 48. The number of carbonyl (C=O) groups excluding carboxylic acids is 6. The fourth-order valence-corrected chi connectivity index (χ4v) is 8.49. The summed E-state index contributed by atoms with van der Waals surface area (Å²) in [5.74, 6) is -2.19. The summed E-state index contributed by atoms with van der Waals surface area (Å²) in [5, 5.41) is 0. The molecule has 0 aromatic carbocycles. The topological polar surface area (TPSA) is 155 Å². The van der Waals surface area contributed by atoms with Crippen LogP contribution in [-0.2, 0) is 52.5 Å². The SMILES string of the molecule is CCCCCCCC(CCC)OC(=O)CCCCC(=O)OCC(COC(=O)CCCCC(=O)OC(CCC)CCCCCCC)N(CCCN(C)C)C(=O)CCC(=O)OC(CCC)CCCCCC. The van der Waals surface area contributed by atoms with Gasteiger partial charge in [-0.25, -0.2) is 0 Å². The number of unbranched alkanes of at least 4 members (excludes halogenated alkanes) is 13. The molecule has 0 radical (unpaired) electrons. The van der Waals surface area contributed by atoms with E-state index in [-0.39, 0.29) is 87.9 Å². The zero-order chi connectivity index (χ0) is 51.3. The van der Waals surface area contributed by atoms with Crippen LogP contribution in [0, 0.1) is 0 Å². The second kappa shape index (κ2) is 45.9. The van der Waals surface area contributed by atoms with Gasteiger partial charge in [0.2, 0.25) is 5.91 Å². The van der Waals surface area contributed by atoms with Gasteiger partial charge in [-0.2, -0.15) is 0 Å². The van der Waals surface area contributed by atoms with Crippen molar-refractivity contribution in [1.29, 1.82) is 0 Å². The van der Waals surface area contributed by atoms with Gasteiger partial charge < -0.3 is 33.5 Å². The molecule has 0 aromatic rings. The Kier molecular flexibility index (Phi) is 43.7. The van der Waals surface area contributed by atoms with Crippen LogP contribution in [0.4, 0.5) is 0 Å². The van der Waals surface area contributed by atoms with Crippen molar-refractivity contribution in [3.05, 3.63) is 0 Å². The Morgan fingerprint density at radius 1 is 0.348 bits per heavy atom. The van der Waals surface area contributed by atoms with Gasteiger partial charge in [0.1, 0.15) is 31.5 Å². The van der Waals surface area contributed by atoms with E-state index in [1.54, 1.807) is 4.90 Å². The van der Waals surface area contributed by atoms with E-state index in [0.717, 1.165) is 109 Å². The van der Waals surface area contributed by atoms with Gasteiger partial charge in [0, 0.05) is 38.6 Å². The minimum atomic E-state index is -0.796. The summed E-state index contributed by atoms with van der Waals surface area (Å²) in [4.78, 5) is 82.4. The van der Waals surface area contributed by atoms with E-state index >= 15 is 0 Å². The summed E-state index contributed by atoms with van der Waals surface area (Å²) in [7, 11) is 3.88. The first kappa shape index (κ1) is 65.8. The van der Waals surface area contributed by atoms with Crippen LogP contribution in [-0.4, -0.2) is 110 Å². The monoisotopic (exact) mass is 981 g/mol. The maximum absolute atomic E-state index is 14.0. The molecule has 404 valence electrons. The molecule has 69 heavy (non-hydrogen) atoms. The van der Waals surface area contributed by atoms with Gasteiger partial charge in [-0.1, -0.05) is 131 Å². The third-order valence-electron chi connectivity index (χ3n) is 12.6. The Bertz CT molecular complexity index is 1250. The summed E-state index contributed by atoms with van der Waals surface area (Å²) in [6, 6.07) is -0.796. The molecule has 0 rings (SSSR count). The van der Waals surface area contributed by atoms with Crippen molar-refractivity contribution in [2.75, 3.05) is 40.4 Å². The van der Waals surface area contributed by atoms with Crippen molar-refractivity contribution in [3.63, 3.8) is 0 Å². The third kappa shape index (κ3) is 39.1. The lowest BCUT2D eigenvalue weighted by Crippen LogP contribution is -2.47. The lowest BCUT2D eigenvalue weighted by molar-refractivity contribution is -0.156. The molecule has 3 atom stereocenters. The summed E-state index contributed by atoms with van der Waals surface area (Å²) in [6.45, 7) is 13.4. The maximum atomic E-state index is 14.0. The molecule has 0 N–H and O–H groups in total. The lowest BCUT2D eigenvalue weighted by Gasteiger charge is -2.32. The van der Waals surface area contributed by atoms with Crippen LogP contribution in [0.1, 0.15) is 260 Å². The average molecular weight is 981 g/mol. The number of esters is 5. The number of amides is 1. The highest BCUT2D eigenvalue weighted by Crippen LogP contribution is 2.19. The Labute approximate surface area is 421 Å². The Balaban J connectivity index is 5.69. The van der Waals surface area contributed by atoms with Crippen LogP contribution in [0.15, 0.2) is 0 Å². The highest BCUT2D eigenvalue weighted by Gasteiger charge is 2.28. The van der Waals surface area contributed by atoms with Gasteiger partial charge in [-0.15, -0.1) is 0 Å². The van der Waals surface area contributed by atoms with Crippen molar-refractivity contribution < 1.29 is 52.5 Å². The van der Waals surface area contributed by atoms with E-state index < -0.39 is 23.9 Å². The molecule has 0 heterocycles. The number of hydrogen-bond acceptors (Lipinski definition) is 12. The molecule has 0 bridgehead atoms. The van der Waals surface area contributed by atoms with Crippen molar-refractivity contribution in [3.8, 4) is 0 Å². The molecule has 0 saturated heterocycles. The van der Waals surface area contributed by atoms with Crippen LogP contribution in [0.3, 0.4) is 0 Å². The molecule has 13 nitrogen and oxygen atoms in total. The van der Waals surface area contributed by atoms with Gasteiger partial charge in [0.25, 0.3) is 0 Å². The lowest BCUT2D eigenvalue weighted by atomic mass is 10.0. The molecule has 0 saturated carbocycles. The first-order chi connectivity index (χ1) is 33.3. The quantitative estimate of drug-likeness (QED) is 0.0324. The molecule has 1 amide bonds. The van der Waals surface area contributed by atoms with E-state index in [2.05, 4.69) is 41.5 Å². The highest BCUT2D eigenvalue weighted by molar-refractivity contribution is 5.82. The minimum absolute atomic E-state index is 0.0748. The molecule has 0 aliphatic rings. The van der Waals surface area contributed by atoms with Crippen LogP contribution in [0.2, 0.25) is 0 Å². The van der Waals surface area contributed by atoms with E-state index in [4.69, 9.17) is 23.7 Å². The zero-order valence-corrected chi connectivity index (χ0v) is 45.6. The fraction of sp³-hybridized carbons (Fsp3) is 0.893. The molecule has 0 aliphatic heterocycles. The largest absolute Gasteiger partial charge is 0.463 e. The molecular weight excluding hydrogens is 877 g/mol. The molecular formula is C56H104N2O11. The molecule has 0 aromatic heterocycles. The summed E-state index contributed by atoms with van der Waals surface area (Å²) in [6.07, 6.45) is 26.2. The first-order valence-electron chi connectivity index (χ1n) is 28.2. The van der Waals surface area contributed by atoms with E-state index in [0.29, 0.717) is 45.2 Å². The van der Waals surface area contributed by atoms with Crippen molar-refractivity contribution >= 4 is 35.8 Å². The fourth-order valence-electron chi connectivity index (χ4n) is 8.49. The standard InChI is InChI=1S/C56H104N2O11/c1-9-15-18-21-24-35-48(31-12-4)67-54(62)39-28-26-37-52(60)65-45-47(46-66-53(61)38-27-29-40-55(63)68-49(32-13-5)36-25-22-19-16-10-2)58(44-30-43-57(7)8)51(59)41-42-56(64)69-50(33-14-6)34-23-20-17-11-3/h47-50H,9-46H2,1-8H3. The van der Waals surface area contributed by atoms with Gasteiger partial charge in [0.15, 0.2) is 0 Å². The van der Waals surface area contributed by atoms with Crippen molar-refractivity contribution in [2.45, 2.75) is 284 Å². The molecule has 0 fully saturated rings. The van der Waals surface area contributed by atoms with Gasteiger partial charge >= 0.3 is 29.8 Å². The predicted octanol–water partition coefficient (Wildman–Crippen LogP) is 12.9. The number of carbonyl (C=O) groups is 6. The second-order valence-corrected chi connectivity index (χ2v) is 19.6. The van der Waals surface area contributed by atoms with Gasteiger partial charge in [0.05, 0.1) is 12.5 Å². The maximum Gasteiger partial charge on any atom is 0.306 e. The van der Waals surface area contributed by atoms with Crippen LogP contribution in [0.25, 0.3) is 0 Å². The van der Waals surface area contributed by atoms with Crippen molar-refractivity contribution in [1.82, 2.24) is 9.80 Å². The van der Waals surface area contributed by atoms with E-state index in [1.807, 2.05) is 19.0 Å². The highest BCUT2D eigenvalue weighted by atomic mass is 16.6. The second-order valence-electron chi connectivity index (χ2n) is 19.6. The summed E-state index contributed by atoms with van der Waals surface area (Å²) in [5.41, 5.74) is 0. The zero-order valence-electron chi connectivity index (χ0n) is 45.6. The molecule has 0 aliphatic carbocycles. The first-order valence-corrected chi connectivity index (χ1v) is 28.2. The van der Waals surface area contributed by atoms with Crippen LogP contribution in [0.5, 0.6) is 0 Å². The minimum Gasteiger partial charge on any atom is -0.463 e. The predicted molar refractivity (Wildman–Crippen MR) is 277 cm³/mol. The average Bonchev–Trinajstić information content (AvgIpc) is 3.31. The van der Waals surface area contributed by atoms with E-state index in [1.165, 1.54) is 38.5 Å². The van der Waals surface area contributed by atoms with Crippen LogP contribution >= 0.6 is 0 Å². The smallest absolute Gasteiger partial charge is 0.306 e. The summed E-state index contributed by atoms with van der Waals surface area (Å²) < 4.78 is 29.0. The number of ether oxygens (including phenoxy) is 5. The Morgan fingerprint density at radius 2 is 0.696 bits per heavy atom. The number of nitrogens with zero attached hydrogens (tertiary/aromatic N) is 2. The molecule has 0 spiro atoms. The third-order valence-corrected chi connectivity index (χ3v) is 12.6. The van der Waals surface area contributed by atoms with E-state index in [9.17, 15) is 28.8 Å². The Hall–Kier alpha value is -3.22. The molecule has 13 heteroatoms. The van der Waals surface area contributed by atoms with Gasteiger partial charge in [-0.3, -0.25) is 28.8 Å². The van der Waals surface area contributed by atoms with Gasteiger partial charge in [-0.05, 0) is 111 Å². The van der Waals surface area contributed by atoms with Crippen LogP contribution < -0.4 is 0 Å².